The molecule has 0 saturated heterocycles. The number of hydrogen-bond acceptors (Lipinski definition) is 3. The van der Waals surface area contributed by atoms with Crippen LogP contribution in [0.3, 0.4) is 0 Å². The number of Topliss-reactive ketones (excluding diaryl/α,β-unsaturated/α-hetero) is 1. The molecule has 1 aromatic heterocycles. The van der Waals surface area contributed by atoms with Crippen LogP contribution in [0.1, 0.15) is 17.3 Å². The highest BCUT2D eigenvalue weighted by Gasteiger charge is 2.07. The summed E-state index contributed by atoms with van der Waals surface area (Å²) < 4.78 is 6.07. The third kappa shape index (κ3) is 3.69. The van der Waals surface area contributed by atoms with Gasteiger partial charge in [-0.2, -0.15) is 0 Å². The Morgan fingerprint density at radius 2 is 1.74 bits per heavy atom. The van der Waals surface area contributed by atoms with E-state index in [0.717, 1.165) is 16.3 Å². The predicted octanol–water partition coefficient (Wildman–Crippen LogP) is 6.19. The van der Waals surface area contributed by atoms with Gasteiger partial charge in [0.1, 0.15) is 11.3 Å². The molecule has 3 aromatic carbocycles. The SMILES string of the molecule is CC(=O)c1cccc(N=c2cc(-c3ccccc3)oc3ccc(Cl)cc23)c1. The number of nitrogens with zero attached hydrogens (tertiary/aromatic N) is 1. The van der Waals surface area contributed by atoms with Crippen molar-refractivity contribution < 1.29 is 9.21 Å². The van der Waals surface area contributed by atoms with Crippen LogP contribution in [0, 0.1) is 0 Å². The Kier molecular flexibility index (Phi) is 4.61. The molecule has 0 aliphatic rings. The van der Waals surface area contributed by atoms with Crippen molar-refractivity contribution in [1.82, 2.24) is 0 Å². The van der Waals surface area contributed by atoms with Gasteiger partial charge in [-0.25, -0.2) is 4.99 Å². The lowest BCUT2D eigenvalue weighted by atomic mass is 10.1. The number of carbonyl (C=O) groups is 1. The number of rotatable bonds is 3. The summed E-state index contributed by atoms with van der Waals surface area (Å²) in [6.07, 6.45) is 0. The third-order valence-corrected chi connectivity index (χ3v) is 4.50. The monoisotopic (exact) mass is 373 g/mol. The van der Waals surface area contributed by atoms with Gasteiger partial charge in [-0.1, -0.05) is 54.1 Å². The Bertz CT molecular complexity index is 1210. The van der Waals surface area contributed by atoms with E-state index in [4.69, 9.17) is 21.0 Å². The molecule has 0 fully saturated rings. The topological polar surface area (TPSA) is 42.6 Å². The Hall–Kier alpha value is -3.17. The molecular formula is C23H16ClNO2. The van der Waals surface area contributed by atoms with E-state index in [9.17, 15) is 4.79 Å². The van der Waals surface area contributed by atoms with Crippen molar-refractivity contribution in [3.8, 4) is 11.3 Å². The maximum atomic E-state index is 11.7. The Labute approximate surface area is 161 Å². The van der Waals surface area contributed by atoms with Crippen LogP contribution in [0.2, 0.25) is 5.02 Å². The summed E-state index contributed by atoms with van der Waals surface area (Å²) in [5, 5.41) is 2.16. The van der Waals surface area contributed by atoms with E-state index in [2.05, 4.69) is 0 Å². The molecule has 4 rings (SSSR count). The molecule has 0 amide bonds. The highest BCUT2D eigenvalue weighted by atomic mass is 35.5. The van der Waals surface area contributed by atoms with E-state index in [0.29, 0.717) is 27.6 Å². The van der Waals surface area contributed by atoms with Gasteiger partial charge in [0.15, 0.2) is 5.78 Å². The third-order valence-electron chi connectivity index (χ3n) is 4.27. The standard InChI is InChI=1S/C23H16ClNO2/c1-15(26)17-8-5-9-19(12-17)25-21-14-23(16-6-3-2-4-7-16)27-22-11-10-18(24)13-20(21)22/h2-14H,1H3. The van der Waals surface area contributed by atoms with Crippen LogP contribution in [-0.4, -0.2) is 5.78 Å². The van der Waals surface area contributed by atoms with Crippen LogP contribution >= 0.6 is 11.6 Å². The van der Waals surface area contributed by atoms with Gasteiger partial charge >= 0.3 is 0 Å². The molecule has 4 heteroatoms. The molecule has 0 N–H and O–H groups in total. The maximum Gasteiger partial charge on any atom is 0.159 e. The Morgan fingerprint density at radius 1 is 0.926 bits per heavy atom. The van der Waals surface area contributed by atoms with Gasteiger partial charge in [0.25, 0.3) is 0 Å². The molecule has 0 bridgehead atoms. The van der Waals surface area contributed by atoms with Crippen LogP contribution in [-0.2, 0) is 0 Å². The average molecular weight is 374 g/mol. The number of hydrogen-bond donors (Lipinski definition) is 0. The summed E-state index contributed by atoms with van der Waals surface area (Å²) in [4.78, 5) is 16.4. The van der Waals surface area contributed by atoms with Crippen molar-refractivity contribution in [2.75, 3.05) is 0 Å². The molecule has 1 heterocycles. The van der Waals surface area contributed by atoms with E-state index in [1.54, 1.807) is 25.1 Å². The molecule has 0 radical (unpaired) electrons. The summed E-state index contributed by atoms with van der Waals surface area (Å²) in [5.74, 6) is 0.722. The molecule has 3 nitrogen and oxygen atoms in total. The van der Waals surface area contributed by atoms with Gasteiger partial charge in [0.05, 0.1) is 11.0 Å². The first kappa shape index (κ1) is 17.3. The summed E-state index contributed by atoms with van der Waals surface area (Å²) in [5.41, 5.74) is 2.99. The molecule has 0 atom stereocenters. The van der Waals surface area contributed by atoms with Crippen molar-refractivity contribution in [2.45, 2.75) is 6.92 Å². The smallest absolute Gasteiger partial charge is 0.159 e. The number of fused-ring (bicyclic) bond motifs is 1. The molecule has 0 aliphatic heterocycles. The minimum absolute atomic E-state index is 0.00740. The first-order valence-electron chi connectivity index (χ1n) is 8.55. The minimum atomic E-state index is 0.00740. The van der Waals surface area contributed by atoms with E-state index in [1.165, 1.54) is 0 Å². The Balaban J connectivity index is 1.99. The molecule has 0 spiro atoms. The zero-order chi connectivity index (χ0) is 18.8. The zero-order valence-corrected chi connectivity index (χ0v) is 15.4. The summed E-state index contributed by atoms with van der Waals surface area (Å²) >= 11 is 6.19. The van der Waals surface area contributed by atoms with Gasteiger partial charge in [0, 0.05) is 27.6 Å². The lowest BCUT2D eigenvalue weighted by Crippen LogP contribution is -2.03. The van der Waals surface area contributed by atoms with Gasteiger partial charge < -0.3 is 4.42 Å². The van der Waals surface area contributed by atoms with Gasteiger partial charge in [-0.05, 0) is 37.3 Å². The highest BCUT2D eigenvalue weighted by Crippen LogP contribution is 2.24. The second-order valence-corrected chi connectivity index (χ2v) is 6.66. The number of benzene rings is 3. The quantitative estimate of drug-likeness (QED) is 0.402. The number of carbonyl (C=O) groups excluding carboxylic acids is 1. The Morgan fingerprint density at radius 3 is 2.52 bits per heavy atom. The van der Waals surface area contributed by atoms with Gasteiger partial charge in [-0.3, -0.25) is 4.79 Å². The summed E-state index contributed by atoms with van der Waals surface area (Å²) in [6.45, 7) is 1.54. The molecule has 27 heavy (non-hydrogen) atoms. The number of ketones is 1. The molecule has 0 unspecified atom stereocenters. The van der Waals surface area contributed by atoms with E-state index in [1.807, 2.05) is 60.7 Å². The second-order valence-electron chi connectivity index (χ2n) is 6.22. The number of halogens is 1. The lowest BCUT2D eigenvalue weighted by molar-refractivity contribution is 0.101. The summed E-state index contributed by atoms with van der Waals surface area (Å²) in [6, 6.07) is 24.5. The lowest BCUT2D eigenvalue weighted by Gasteiger charge is -2.06. The first-order chi connectivity index (χ1) is 13.1. The van der Waals surface area contributed by atoms with Crippen molar-refractivity contribution in [3.05, 3.63) is 94.8 Å². The molecule has 132 valence electrons. The van der Waals surface area contributed by atoms with E-state index >= 15 is 0 Å². The van der Waals surface area contributed by atoms with Crippen molar-refractivity contribution in [1.29, 1.82) is 0 Å². The van der Waals surface area contributed by atoms with Crippen molar-refractivity contribution in [3.63, 3.8) is 0 Å². The minimum Gasteiger partial charge on any atom is -0.456 e. The zero-order valence-electron chi connectivity index (χ0n) is 14.6. The highest BCUT2D eigenvalue weighted by molar-refractivity contribution is 6.31. The van der Waals surface area contributed by atoms with Crippen LogP contribution in [0.5, 0.6) is 0 Å². The summed E-state index contributed by atoms with van der Waals surface area (Å²) in [7, 11) is 0. The second kappa shape index (κ2) is 7.22. The van der Waals surface area contributed by atoms with Gasteiger partial charge in [-0.15, -0.1) is 0 Å². The molecule has 0 aliphatic carbocycles. The van der Waals surface area contributed by atoms with Crippen molar-refractivity contribution >= 4 is 34.0 Å². The van der Waals surface area contributed by atoms with E-state index in [-0.39, 0.29) is 5.78 Å². The van der Waals surface area contributed by atoms with Crippen LogP contribution in [0.4, 0.5) is 5.69 Å². The normalized spacial score (nSPS) is 11.7. The molecule has 4 aromatic rings. The van der Waals surface area contributed by atoms with Crippen LogP contribution in [0.15, 0.2) is 88.3 Å². The fourth-order valence-corrected chi connectivity index (χ4v) is 3.08. The van der Waals surface area contributed by atoms with E-state index < -0.39 is 0 Å². The fraction of sp³-hybridized carbons (Fsp3) is 0.0435. The largest absolute Gasteiger partial charge is 0.456 e. The van der Waals surface area contributed by atoms with Gasteiger partial charge in [0.2, 0.25) is 0 Å². The van der Waals surface area contributed by atoms with Crippen molar-refractivity contribution in [2.24, 2.45) is 4.99 Å². The molecular weight excluding hydrogens is 358 g/mol. The fourth-order valence-electron chi connectivity index (χ4n) is 2.91. The molecule has 0 saturated carbocycles. The predicted molar refractivity (Wildman–Crippen MR) is 108 cm³/mol. The van der Waals surface area contributed by atoms with Crippen LogP contribution in [0.25, 0.3) is 22.3 Å². The average Bonchev–Trinajstić information content (AvgIpc) is 2.69. The maximum absolute atomic E-state index is 11.7. The first-order valence-corrected chi connectivity index (χ1v) is 8.92. The van der Waals surface area contributed by atoms with Crippen LogP contribution < -0.4 is 5.36 Å².